The van der Waals surface area contributed by atoms with Crippen molar-refractivity contribution < 1.29 is 23.8 Å². The highest BCUT2D eigenvalue weighted by atomic mass is 16.6. The van der Waals surface area contributed by atoms with E-state index in [9.17, 15) is 9.59 Å². The zero-order valence-electron chi connectivity index (χ0n) is 11.8. The molecule has 20 heavy (non-hydrogen) atoms. The molecule has 4 fully saturated rings. The molecule has 112 valence electrons. The summed E-state index contributed by atoms with van der Waals surface area (Å²) >= 11 is 0. The minimum Gasteiger partial charge on any atom is -0.468 e. The lowest BCUT2D eigenvalue weighted by Crippen LogP contribution is -2.55. The average Bonchev–Trinajstić information content (AvgIpc) is 2.45. The molecule has 5 heteroatoms. The van der Waals surface area contributed by atoms with Crippen LogP contribution in [0.2, 0.25) is 0 Å². The molecule has 0 heterocycles. The van der Waals surface area contributed by atoms with Crippen molar-refractivity contribution in [1.82, 2.24) is 0 Å². The molecule has 4 aliphatic carbocycles. The number of carbonyl (C=O) groups excluding carboxylic acids is 2. The highest BCUT2D eigenvalue weighted by Gasteiger charge is 2.54. The minimum absolute atomic E-state index is 0.0325. The average molecular weight is 282 g/mol. The first-order valence-electron chi connectivity index (χ1n) is 7.46. The van der Waals surface area contributed by atoms with Gasteiger partial charge in [0.05, 0.1) is 19.8 Å². The van der Waals surface area contributed by atoms with Gasteiger partial charge in [0.2, 0.25) is 0 Å². The van der Waals surface area contributed by atoms with Crippen molar-refractivity contribution >= 4 is 12.4 Å². The number of ether oxygens (including phenoxy) is 3. The summed E-state index contributed by atoms with van der Waals surface area (Å²) in [6, 6.07) is 0. The number of methoxy groups -OCH3 is 1. The van der Waals surface area contributed by atoms with Crippen LogP contribution >= 0.6 is 0 Å². The predicted octanol–water partition coefficient (Wildman–Crippen LogP) is 1.40. The molecule has 0 aliphatic heterocycles. The molecular weight excluding hydrogens is 260 g/mol. The Morgan fingerprint density at radius 1 is 1.20 bits per heavy atom. The molecule has 0 saturated heterocycles. The molecule has 0 aromatic rings. The van der Waals surface area contributed by atoms with Gasteiger partial charge < -0.3 is 14.2 Å². The van der Waals surface area contributed by atoms with Gasteiger partial charge in [-0.2, -0.15) is 0 Å². The minimum atomic E-state index is -0.320. The lowest BCUT2D eigenvalue weighted by atomic mass is 9.51. The van der Waals surface area contributed by atoms with E-state index in [2.05, 4.69) is 4.74 Å². The summed E-state index contributed by atoms with van der Waals surface area (Å²) in [5.74, 6) is 2.53. The largest absolute Gasteiger partial charge is 0.468 e. The van der Waals surface area contributed by atoms with Gasteiger partial charge in [-0.25, -0.2) is 4.79 Å². The highest BCUT2D eigenvalue weighted by Crippen LogP contribution is 2.57. The van der Waals surface area contributed by atoms with Gasteiger partial charge in [-0.05, 0) is 49.4 Å². The lowest BCUT2D eigenvalue weighted by molar-refractivity contribution is -0.180. The Bertz CT molecular complexity index is 382. The normalized spacial score (nSPS) is 41.5. The fourth-order valence-corrected chi connectivity index (χ4v) is 4.87. The van der Waals surface area contributed by atoms with Gasteiger partial charge in [0.25, 0.3) is 6.47 Å². The summed E-state index contributed by atoms with van der Waals surface area (Å²) in [6.45, 7) is 1.07. The second-order valence-electron chi connectivity index (χ2n) is 6.44. The van der Waals surface area contributed by atoms with Gasteiger partial charge in [-0.1, -0.05) is 0 Å². The predicted molar refractivity (Wildman–Crippen MR) is 69.7 cm³/mol. The third-order valence-corrected chi connectivity index (χ3v) is 5.50. The molecule has 0 amide bonds. The molecule has 6 unspecified atom stereocenters. The number of hydrogen-bond donors (Lipinski definition) is 0. The molecule has 0 N–H and O–H groups in total. The van der Waals surface area contributed by atoms with Crippen LogP contribution in [0.4, 0.5) is 0 Å². The van der Waals surface area contributed by atoms with Crippen LogP contribution in [0.3, 0.4) is 0 Å². The third kappa shape index (κ3) is 2.43. The van der Waals surface area contributed by atoms with E-state index in [1.54, 1.807) is 0 Å². The van der Waals surface area contributed by atoms with Crippen LogP contribution in [0.25, 0.3) is 0 Å². The zero-order chi connectivity index (χ0) is 14.1. The van der Waals surface area contributed by atoms with Crippen LogP contribution in [0.5, 0.6) is 0 Å². The van der Waals surface area contributed by atoms with Gasteiger partial charge in [0, 0.05) is 5.92 Å². The van der Waals surface area contributed by atoms with Crippen molar-refractivity contribution in [3.8, 4) is 0 Å². The zero-order valence-corrected chi connectivity index (χ0v) is 11.8. The van der Waals surface area contributed by atoms with Crippen LogP contribution < -0.4 is 0 Å². The first kappa shape index (κ1) is 13.9. The lowest BCUT2D eigenvalue weighted by Gasteiger charge is -2.57. The molecule has 6 atom stereocenters. The van der Waals surface area contributed by atoms with Gasteiger partial charge in [-0.3, -0.25) is 4.79 Å². The summed E-state index contributed by atoms with van der Waals surface area (Å²) in [5, 5.41) is 0. The summed E-state index contributed by atoms with van der Waals surface area (Å²) in [4.78, 5) is 21.7. The van der Waals surface area contributed by atoms with Gasteiger partial charge >= 0.3 is 5.97 Å². The van der Waals surface area contributed by atoms with Gasteiger partial charge in [0.1, 0.15) is 6.61 Å². The van der Waals surface area contributed by atoms with Crippen molar-refractivity contribution in [3.63, 3.8) is 0 Å². The SMILES string of the molecule is COC(=O)COC1C2CC3CC(C2)C(COC=O)C1C3. The Balaban J connectivity index is 1.67. The molecule has 0 aromatic carbocycles. The number of esters is 1. The molecule has 4 aliphatic rings. The van der Waals surface area contributed by atoms with E-state index >= 15 is 0 Å². The van der Waals surface area contributed by atoms with Crippen LogP contribution in [0, 0.1) is 29.6 Å². The van der Waals surface area contributed by atoms with Crippen LogP contribution in [-0.2, 0) is 23.8 Å². The maximum atomic E-state index is 11.3. The summed E-state index contributed by atoms with van der Waals surface area (Å²) in [5.41, 5.74) is 0. The highest BCUT2D eigenvalue weighted by molar-refractivity contribution is 5.70. The van der Waals surface area contributed by atoms with Crippen molar-refractivity contribution in [2.75, 3.05) is 20.3 Å². The van der Waals surface area contributed by atoms with Crippen LogP contribution in [-0.4, -0.2) is 38.9 Å². The first-order valence-corrected chi connectivity index (χ1v) is 7.46. The van der Waals surface area contributed by atoms with E-state index in [1.807, 2.05) is 0 Å². The maximum Gasteiger partial charge on any atom is 0.331 e. The quantitative estimate of drug-likeness (QED) is 0.544. The summed E-state index contributed by atoms with van der Waals surface area (Å²) < 4.78 is 15.5. The fraction of sp³-hybridized carbons (Fsp3) is 0.867. The van der Waals surface area contributed by atoms with Crippen molar-refractivity contribution in [1.29, 1.82) is 0 Å². The fourth-order valence-electron chi connectivity index (χ4n) is 4.87. The monoisotopic (exact) mass is 282 g/mol. The Morgan fingerprint density at radius 3 is 2.75 bits per heavy atom. The number of carbonyl (C=O) groups is 2. The number of hydrogen-bond acceptors (Lipinski definition) is 5. The van der Waals surface area contributed by atoms with E-state index in [0.29, 0.717) is 36.8 Å². The van der Waals surface area contributed by atoms with Crippen molar-refractivity contribution in [2.24, 2.45) is 29.6 Å². The molecule has 4 saturated carbocycles. The molecule has 0 spiro atoms. The van der Waals surface area contributed by atoms with E-state index < -0.39 is 0 Å². The van der Waals surface area contributed by atoms with Gasteiger partial charge in [-0.15, -0.1) is 0 Å². The molecule has 4 rings (SSSR count). The second-order valence-corrected chi connectivity index (χ2v) is 6.44. The van der Waals surface area contributed by atoms with E-state index in [4.69, 9.17) is 9.47 Å². The Hall–Kier alpha value is -1.10. The molecule has 0 radical (unpaired) electrons. The van der Waals surface area contributed by atoms with E-state index in [0.717, 1.165) is 18.8 Å². The van der Waals surface area contributed by atoms with Gasteiger partial charge in [0.15, 0.2) is 0 Å². The maximum absolute atomic E-state index is 11.3. The molecular formula is C15H22O5. The molecule has 5 nitrogen and oxygen atoms in total. The van der Waals surface area contributed by atoms with Crippen LogP contribution in [0.1, 0.15) is 25.7 Å². The smallest absolute Gasteiger partial charge is 0.331 e. The summed E-state index contributed by atoms with van der Waals surface area (Å²) in [7, 11) is 1.38. The third-order valence-electron chi connectivity index (χ3n) is 5.50. The Kier molecular flexibility index (Phi) is 3.96. The number of rotatable bonds is 6. The second kappa shape index (κ2) is 5.72. The topological polar surface area (TPSA) is 61.8 Å². The Labute approximate surface area is 118 Å². The van der Waals surface area contributed by atoms with Crippen LogP contribution in [0.15, 0.2) is 0 Å². The van der Waals surface area contributed by atoms with Crippen molar-refractivity contribution in [2.45, 2.75) is 31.8 Å². The van der Waals surface area contributed by atoms with Crippen molar-refractivity contribution in [3.05, 3.63) is 0 Å². The molecule has 0 aromatic heterocycles. The standard InChI is InChI=1S/C15H22O5/c1-18-14(17)7-20-15-11-3-9-2-10(5-11)13(6-19-8-16)12(15)4-9/h8-13,15H,2-7H2,1H3. The molecule has 4 bridgehead atoms. The summed E-state index contributed by atoms with van der Waals surface area (Å²) in [6.07, 6.45) is 4.91. The van der Waals surface area contributed by atoms with E-state index in [-0.39, 0.29) is 18.7 Å². The first-order chi connectivity index (χ1) is 9.72. The van der Waals surface area contributed by atoms with E-state index in [1.165, 1.54) is 20.0 Å². The Morgan fingerprint density at radius 2 is 2.00 bits per heavy atom.